The van der Waals surface area contributed by atoms with Gasteiger partial charge in [-0.15, -0.1) is 0 Å². The molecule has 2 aliphatic rings. The summed E-state index contributed by atoms with van der Waals surface area (Å²) in [6.07, 6.45) is 9.76. The van der Waals surface area contributed by atoms with E-state index < -0.39 is 0 Å². The number of rotatable bonds is 5. The zero-order chi connectivity index (χ0) is 20.2. The summed E-state index contributed by atoms with van der Waals surface area (Å²) in [6.45, 7) is 8.68. The zero-order valence-corrected chi connectivity index (χ0v) is 17.7. The smallest absolute Gasteiger partial charge is 0.257 e. The van der Waals surface area contributed by atoms with Gasteiger partial charge in [0, 0.05) is 31.9 Å². The monoisotopic (exact) mass is 396 g/mol. The normalized spacial score (nSPS) is 20.3. The van der Waals surface area contributed by atoms with Gasteiger partial charge in [-0.25, -0.2) is 9.97 Å². The Hall–Kier alpha value is -2.28. The summed E-state index contributed by atoms with van der Waals surface area (Å²) in [5.74, 6) is 0.0369. The van der Waals surface area contributed by atoms with Crippen molar-refractivity contribution < 1.29 is 4.79 Å². The maximum absolute atomic E-state index is 13.2. The van der Waals surface area contributed by atoms with Crippen molar-refractivity contribution in [2.24, 2.45) is 0 Å². The number of carbonyl (C=O) groups is 1. The molecule has 1 fully saturated rings. The molecular formula is C22H32N6O. The minimum atomic E-state index is 0.0369. The van der Waals surface area contributed by atoms with Crippen molar-refractivity contribution in [2.75, 3.05) is 13.1 Å². The Morgan fingerprint density at radius 2 is 2.10 bits per heavy atom. The lowest BCUT2D eigenvalue weighted by Crippen LogP contribution is -2.36. The minimum Gasteiger partial charge on any atom is -0.333 e. The molecule has 0 bridgehead atoms. The molecule has 29 heavy (non-hydrogen) atoms. The predicted octanol–water partition coefficient (Wildman–Crippen LogP) is 3.05. The van der Waals surface area contributed by atoms with E-state index in [2.05, 4.69) is 39.5 Å². The van der Waals surface area contributed by atoms with Crippen LogP contribution in [0.2, 0.25) is 0 Å². The van der Waals surface area contributed by atoms with Crippen LogP contribution < -0.4 is 0 Å². The Balaban J connectivity index is 1.49. The van der Waals surface area contributed by atoms with Crippen molar-refractivity contribution in [1.82, 2.24) is 29.5 Å². The van der Waals surface area contributed by atoms with Crippen LogP contribution in [0.3, 0.4) is 0 Å². The standard InChI is InChI=1S/C22H32N6O/c1-3-7-21-20(13-23-16-24-21)22(29)27-10-6-11-28-19(15-27)12-18(25-28)14-26-9-5-4-8-17(26)2/h12-13,16-17H,3-11,14-15H2,1-2H3/t17-/m0/s1. The van der Waals surface area contributed by atoms with Gasteiger partial charge in [-0.3, -0.25) is 14.4 Å². The number of likely N-dealkylation sites (tertiary alicyclic amines) is 1. The van der Waals surface area contributed by atoms with E-state index in [0.717, 1.165) is 62.5 Å². The summed E-state index contributed by atoms with van der Waals surface area (Å²) >= 11 is 0. The van der Waals surface area contributed by atoms with Gasteiger partial charge in [-0.05, 0) is 45.2 Å². The van der Waals surface area contributed by atoms with Crippen LogP contribution in [-0.4, -0.2) is 54.6 Å². The third-order valence-electron chi connectivity index (χ3n) is 6.17. The fraction of sp³-hybridized carbons (Fsp3) is 0.636. The van der Waals surface area contributed by atoms with Crippen molar-refractivity contribution in [1.29, 1.82) is 0 Å². The molecule has 7 nitrogen and oxygen atoms in total. The molecule has 2 aromatic rings. The topological polar surface area (TPSA) is 67.2 Å². The van der Waals surface area contributed by atoms with Crippen molar-refractivity contribution in [2.45, 2.75) is 78.0 Å². The molecule has 0 unspecified atom stereocenters. The van der Waals surface area contributed by atoms with E-state index in [1.54, 1.807) is 6.20 Å². The number of fused-ring (bicyclic) bond motifs is 1. The highest BCUT2D eigenvalue weighted by molar-refractivity contribution is 5.95. The van der Waals surface area contributed by atoms with Crippen molar-refractivity contribution in [3.63, 3.8) is 0 Å². The largest absolute Gasteiger partial charge is 0.333 e. The Labute approximate surface area is 173 Å². The number of nitrogens with zero attached hydrogens (tertiary/aromatic N) is 6. The zero-order valence-electron chi connectivity index (χ0n) is 17.7. The fourth-order valence-electron chi connectivity index (χ4n) is 4.51. The second-order valence-corrected chi connectivity index (χ2v) is 8.38. The highest BCUT2D eigenvalue weighted by Crippen LogP contribution is 2.21. The molecule has 0 N–H and O–H groups in total. The maximum atomic E-state index is 13.2. The first-order chi connectivity index (χ1) is 14.2. The first kappa shape index (κ1) is 20.0. The average Bonchev–Trinajstić information content (AvgIpc) is 2.99. The van der Waals surface area contributed by atoms with Gasteiger partial charge in [0.25, 0.3) is 5.91 Å². The van der Waals surface area contributed by atoms with Crippen LogP contribution in [0.4, 0.5) is 0 Å². The van der Waals surface area contributed by atoms with Crippen LogP contribution in [0.25, 0.3) is 0 Å². The van der Waals surface area contributed by atoms with Gasteiger partial charge in [-0.2, -0.15) is 5.10 Å². The summed E-state index contributed by atoms with van der Waals surface area (Å²) in [7, 11) is 0. The average molecular weight is 397 g/mol. The molecule has 7 heteroatoms. The van der Waals surface area contributed by atoms with Crippen LogP contribution >= 0.6 is 0 Å². The summed E-state index contributed by atoms with van der Waals surface area (Å²) in [5.41, 5.74) is 3.75. The van der Waals surface area contributed by atoms with E-state index in [0.29, 0.717) is 18.2 Å². The van der Waals surface area contributed by atoms with E-state index >= 15 is 0 Å². The molecule has 0 saturated carbocycles. The SMILES string of the molecule is CCCc1ncncc1C(=O)N1CCCn2nc(CN3CCCC[C@@H]3C)cc2C1. The van der Waals surface area contributed by atoms with Gasteiger partial charge < -0.3 is 4.90 Å². The molecule has 0 radical (unpaired) electrons. The summed E-state index contributed by atoms with van der Waals surface area (Å²) in [6, 6.07) is 2.82. The lowest BCUT2D eigenvalue weighted by Gasteiger charge is -2.32. The second-order valence-electron chi connectivity index (χ2n) is 8.38. The first-order valence-electron chi connectivity index (χ1n) is 11.0. The van der Waals surface area contributed by atoms with E-state index in [9.17, 15) is 4.79 Å². The van der Waals surface area contributed by atoms with E-state index in [-0.39, 0.29) is 5.91 Å². The Bertz CT molecular complexity index is 848. The summed E-state index contributed by atoms with van der Waals surface area (Å²) in [5, 5.41) is 4.87. The van der Waals surface area contributed by atoms with E-state index in [1.807, 2.05) is 4.90 Å². The molecule has 156 valence electrons. The molecular weight excluding hydrogens is 364 g/mol. The third-order valence-corrected chi connectivity index (χ3v) is 6.17. The third kappa shape index (κ3) is 4.50. The Morgan fingerprint density at radius 1 is 1.21 bits per heavy atom. The van der Waals surface area contributed by atoms with Crippen LogP contribution in [-0.2, 0) is 26.1 Å². The number of hydrogen-bond acceptors (Lipinski definition) is 5. The first-order valence-corrected chi connectivity index (χ1v) is 11.0. The lowest BCUT2D eigenvalue weighted by atomic mass is 10.0. The lowest BCUT2D eigenvalue weighted by molar-refractivity contribution is 0.0743. The molecule has 1 saturated heterocycles. The molecule has 2 aliphatic heterocycles. The van der Waals surface area contributed by atoms with Gasteiger partial charge in [-0.1, -0.05) is 19.8 Å². The molecule has 0 aliphatic carbocycles. The predicted molar refractivity (Wildman–Crippen MR) is 111 cm³/mol. The number of carbonyl (C=O) groups excluding carboxylic acids is 1. The van der Waals surface area contributed by atoms with Crippen LogP contribution in [0.1, 0.15) is 73.4 Å². The molecule has 0 aromatic carbocycles. The highest BCUT2D eigenvalue weighted by Gasteiger charge is 2.25. The van der Waals surface area contributed by atoms with Gasteiger partial charge in [0.15, 0.2) is 0 Å². The van der Waals surface area contributed by atoms with Crippen molar-refractivity contribution >= 4 is 5.91 Å². The fourth-order valence-corrected chi connectivity index (χ4v) is 4.51. The van der Waals surface area contributed by atoms with Crippen molar-refractivity contribution in [3.8, 4) is 0 Å². The quantitative estimate of drug-likeness (QED) is 0.777. The van der Waals surface area contributed by atoms with Gasteiger partial charge in [0.1, 0.15) is 6.33 Å². The number of amides is 1. The molecule has 4 heterocycles. The van der Waals surface area contributed by atoms with E-state index in [4.69, 9.17) is 5.10 Å². The van der Waals surface area contributed by atoms with Gasteiger partial charge >= 0.3 is 0 Å². The van der Waals surface area contributed by atoms with E-state index in [1.165, 1.54) is 25.6 Å². The number of hydrogen-bond donors (Lipinski definition) is 0. The minimum absolute atomic E-state index is 0.0369. The van der Waals surface area contributed by atoms with Crippen molar-refractivity contribution in [3.05, 3.63) is 41.2 Å². The second kappa shape index (κ2) is 9.03. The molecule has 1 amide bonds. The van der Waals surface area contributed by atoms with Crippen LogP contribution in [0.15, 0.2) is 18.6 Å². The molecule has 0 spiro atoms. The highest BCUT2D eigenvalue weighted by atomic mass is 16.2. The number of aromatic nitrogens is 4. The van der Waals surface area contributed by atoms with Gasteiger partial charge in [0.05, 0.1) is 29.2 Å². The summed E-state index contributed by atoms with van der Waals surface area (Å²) < 4.78 is 2.10. The van der Waals surface area contributed by atoms with Gasteiger partial charge in [0.2, 0.25) is 0 Å². The number of piperidine rings is 1. The number of aryl methyl sites for hydroxylation is 2. The molecule has 1 atom stereocenters. The maximum Gasteiger partial charge on any atom is 0.257 e. The molecule has 4 rings (SSSR count). The van der Waals surface area contributed by atoms with Crippen LogP contribution in [0, 0.1) is 0 Å². The van der Waals surface area contributed by atoms with Crippen LogP contribution in [0.5, 0.6) is 0 Å². The molecule has 2 aromatic heterocycles. The Kier molecular flexibility index (Phi) is 6.23. The summed E-state index contributed by atoms with van der Waals surface area (Å²) in [4.78, 5) is 26.2. The Morgan fingerprint density at radius 3 is 2.93 bits per heavy atom.